The van der Waals surface area contributed by atoms with Crippen LogP contribution in [0.2, 0.25) is 0 Å². The number of carbonyl (C=O) groups is 3. The third kappa shape index (κ3) is 4.90. The minimum atomic E-state index is -0.574. The van der Waals surface area contributed by atoms with Crippen molar-refractivity contribution in [1.82, 2.24) is 9.38 Å². The van der Waals surface area contributed by atoms with Crippen LogP contribution in [-0.4, -0.2) is 47.7 Å². The number of nitrogens with one attached hydrogen (secondary N) is 1. The number of amides is 1. The highest BCUT2D eigenvalue weighted by molar-refractivity contribution is 7.17. The summed E-state index contributed by atoms with van der Waals surface area (Å²) < 4.78 is 22.7. The molecule has 0 spiro atoms. The van der Waals surface area contributed by atoms with Crippen LogP contribution in [0, 0.1) is 6.92 Å². The first-order valence-corrected chi connectivity index (χ1v) is 12.6. The second kappa shape index (κ2) is 9.99. The van der Waals surface area contributed by atoms with Gasteiger partial charge in [0, 0.05) is 22.7 Å². The van der Waals surface area contributed by atoms with Crippen molar-refractivity contribution in [3.05, 3.63) is 63.2 Å². The van der Waals surface area contributed by atoms with Crippen LogP contribution in [0.15, 0.2) is 36.0 Å². The Morgan fingerprint density at radius 1 is 1.22 bits per heavy atom. The molecule has 1 aromatic carbocycles. The van der Waals surface area contributed by atoms with Gasteiger partial charge in [0.25, 0.3) is 5.91 Å². The highest BCUT2D eigenvalue weighted by atomic mass is 32.1. The molecule has 10 nitrogen and oxygen atoms in total. The third-order valence-corrected chi connectivity index (χ3v) is 7.34. The summed E-state index contributed by atoms with van der Waals surface area (Å²) in [6.45, 7) is 1.55. The summed E-state index contributed by atoms with van der Waals surface area (Å²) in [5, 5.41) is 4.92. The van der Waals surface area contributed by atoms with E-state index in [9.17, 15) is 14.4 Å². The zero-order valence-electron chi connectivity index (χ0n) is 19.4. The molecule has 0 saturated heterocycles. The van der Waals surface area contributed by atoms with Gasteiger partial charge in [0.2, 0.25) is 6.79 Å². The number of ether oxygens (including phenoxy) is 4. The van der Waals surface area contributed by atoms with E-state index in [2.05, 4.69) is 10.3 Å². The fourth-order valence-corrected chi connectivity index (χ4v) is 5.62. The van der Waals surface area contributed by atoms with E-state index in [4.69, 9.17) is 18.9 Å². The zero-order chi connectivity index (χ0) is 25.2. The Hall–Kier alpha value is -3.90. The van der Waals surface area contributed by atoms with Crippen molar-refractivity contribution >= 4 is 50.5 Å². The number of carbonyl (C=O) groups excluding carboxylic acids is 3. The molecule has 5 rings (SSSR count). The van der Waals surface area contributed by atoms with E-state index < -0.39 is 24.5 Å². The average molecular weight is 528 g/mol. The van der Waals surface area contributed by atoms with Crippen molar-refractivity contribution in [1.29, 1.82) is 0 Å². The maximum Gasteiger partial charge on any atom is 0.341 e. The summed E-state index contributed by atoms with van der Waals surface area (Å²) >= 11 is 2.71. The molecule has 0 bridgehead atoms. The molecule has 1 amide bonds. The van der Waals surface area contributed by atoms with E-state index in [1.165, 1.54) is 29.8 Å². The SMILES string of the molecule is COC(=O)c1c(NC(=O)COC(=O)Cc2cn3ccsc3n2)sc(C)c1Cc1ccc2c(c1)OCO2. The average Bonchev–Trinajstić information content (AvgIpc) is 3.62. The normalized spacial score (nSPS) is 12.1. The number of thiazole rings is 1. The van der Waals surface area contributed by atoms with Gasteiger partial charge in [0.1, 0.15) is 5.00 Å². The predicted molar refractivity (Wildman–Crippen MR) is 132 cm³/mol. The van der Waals surface area contributed by atoms with Gasteiger partial charge in [-0.3, -0.25) is 14.0 Å². The summed E-state index contributed by atoms with van der Waals surface area (Å²) in [5.74, 6) is -0.387. The number of aryl methyl sites for hydroxylation is 1. The van der Waals surface area contributed by atoms with Gasteiger partial charge in [0.05, 0.1) is 24.8 Å². The van der Waals surface area contributed by atoms with Gasteiger partial charge in [-0.1, -0.05) is 6.07 Å². The van der Waals surface area contributed by atoms with Crippen LogP contribution >= 0.6 is 22.7 Å². The third-order valence-electron chi connectivity index (χ3n) is 5.50. The van der Waals surface area contributed by atoms with Gasteiger partial charge in [-0.05, 0) is 36.6 Å². The van der Waals surface area contributed by atoms with Crippen molar-refractivity contribution < 1.29 is 33.3 Å². The Kier molecular flexibility index (Phi) is 6.61. The first kappa shape index (κ1) is 23.8. The maximum atomic E-state index is 12.6. The lowest BCUT2D eigenvalue weighted by molar-refractivity contribution is -0.146. The van der Waals surface area contributed by atoms with Crippen LogP contribution in [0.5, 0.6) is 11.5 Å². The number of methoxy groups -OCH3 is 1. The molecule has 3 aromatic heterocycles. The molecule has 0 atom stereocenters. The fraction of sp³-hybridized carbons (Fsp3) is 0.250. The Balaban J connectivity index is 1.25. The van der Waals surface area contributed by atoms with Crippen LogP contribution in [0.1, 0.15) is 32.1 Å². The second-order valence-electron chi connectivity index (χ2n) is 7.91. The quantitative estimate of drug-likeness (QED) is 0.346. The number of rotatable bonds is 8. The molecule has 1 aliphatic heterocycles. The first-order chi connectivity index (χ1) is 17.4. The van der Waals surface area contributed by atoms with Crippen LogP contribution in [0.4, 0.5) is 5.00 Å². The number of benzene rings is 1. The largest absolute Gasteiger partial charge is 0.465 e. The highest BCUT2D eigenvalue weighted by Crippen LogP contribution is 2.37. The maximum absolute atomic E-state index is 12.6. The van der Waals surface area contributed by atoms with Gasteiger partial charge < -0.3 is 24.3 Å². The van der Waals surface area contributed by atoms with Gasteiger partial charge in [-0.15, -0.1) is 22.7 Å². The number of esters is 2. The van der Waals surface area contributed by atoms with Crippen molar-refractivity contribution in [2.75, 3.05) is 25.8 Å². The van der Waals surface area contributed by atoms with Crippen LogP contribution in [0.25, 0.3) is 4.96 Å². The molecule has 4 heterocycles. The van der Waals surface area contributed by atoms with Crippen molar-refractivity contribution in [3.63, 3.8) is 0 Å². The number of anilines is 1. The monoisotopic (exact) mass is 527 g/mol. The lowest BCUT2D eigenvalue weighted by Crippen LogP contribution is -2.22. The summed E-state index contributed by atoms with van der Waals surface area (Å²) in [6, 6.07) is 5.58. The van der Waals surface area contributed by atoms with E-state index >= 15 is 0 Å². The molecule has 0 aliphatic carbocycles. The predicted octanol–water partition coefficient (Wildman–Crippen LogP) is 3.60. The standard InChI is InChI=1S/C24H21N3O7S2/c1-13-16(7-14-3-4-17-18(8-14)34-12-33-17)21(23(30)31-2)22(36-13)26-19(28)11-32-20(29)9-15-10-27-5-6-35-24(27)25-15/h3-6,8,10H,7,9,11-12H2,1-2H3,(H,26,28). The number of imidazole rings is 1. The highest BCUT2D eigenvalue weighted by Gasteiger charge is 2.25. The molecule has 36 heavy (non-hydrogen) atoms. The minimum Gasteiger partial charge on any atom is -0.465 e. The molecular formula is C24H21N3O7S2. The van der Waals surface area contributed by atoms with Crippen molar-refractivity contribution in [2.45, 2.75) is 19.8 Å². The van der Waals surface area contributed by atoms with E-state index in [-0.39, 0.29) is 18.8 Å². The summed E-state index contributed by atoms with van der Waals surface area (Å²) in [5.41, 5.74) is 2.48. The molecular weight excluding hydrogens is 506 g/mol. The Bertz CT molecular complexity index is 1440. The van der Waals surface area contributed by atoms with Gasteiger partial charge in [-0.2, -0.15) is 0 Å². The molecule has 0 saturated carbocycles. The number of fused-ring (bicyclic) bond motifs is 2. The van der Waals surface area contributed by atoms with Gasteiger partial charge in [0.15, 0.2) is 23.1 Å². The Morgan fingerprint density at radius 3 is 2.86 bits per heavy atom. The van der Waals surface area contributed by atoms with E-state index in [0.29, 0.717) is 28.6 Å². The zero-order valence-corrected chi connectivity index (χ0v) is 21.0. The molecule has 1 N–H and O–H groups in total. The smallest absolute Gasteiger partial charge is 0.341 e. The van der Waals surface area contributed by atoms with Crippen molar-refractivity contribution in [2.24, 2.45) is 0 Å². The fourth-order valence-electron chi connectivity index (χ4n) is 3.82. The molecule has 4 aromatic rings. The molecule has 0 radical (unpaired) electrons. The topological polar surface area (TPSA) is 117 Å². The lowest BCUT2D eigenvalue weighted by atomic mass is 10.0. The van der Waals surface area contributed by atoms with Crippen molar-refractivity contribution in [3.8, 4) is 11.5 Å². The Labute approximate surface area is 213 Å². The van der Waals surface area contributed by atoms with Crippen LogP contribution < -0.4 is 14.8 Å². The van der Waals surface area contributed by atoms with E-state index in [0.717, 1.165) is 21.0 Å². The molecule has 186 valence electrons. The first-order valence-electron chi connectivity index (χ1n) is 10.9. The number of aromatic nitrogens is 2. The number of hydrogen-bond donors (Lipinski definition) is 1. The Morgan fingerprint density at radius 2 is 2.06 bits per heavy atom. The lowest BCUT2D eigenvalue weighted by Gasteiger charge is -2.09. The van der Waals surface area contributed by atoms with Crippen LogP contribution in [0.3, 0.4) is 0 Å². The van der Waals surface area contributed by atoms with Gasteiger partial charge in [-0.25, -0.2) is 9.78 Å². The van der Waals surface area contributed by atoms with E-state index in [1.54, 1.807) is 6.20 Å². The minimum absolute atomic E-state index is 0.0487. The summed E-state index contributed by atoms with van der Waals surface area (Å²) in [4.78, 5) is 43.3. The van der Waals surface area contributed by atoms with Crippen LogP contribution in [-0.2, 0) is 31.9 Å². The molecule has 0 fully saturated rings. The molecule has 0 unspecified atom stereocenters. The van der Waals surface area contributed by atoms with E-state index in [1.807, 2.05) is 41.1 Å². The number of nitrogens with zero attached hydrogens (tertiary/aromatic N) is 2. The number of thiophene rings is 1. The molecule has 12 heteroatoms. The summed E-state index contributed by atoms with van der Waals surface area (Å²) in [6.07, 6.45) is 3.97. The number of hydrogen-bond acceptors (Lipinski definition) is 10. The summed E-state index contributed by atoms with van der Waals surface area (Å²) in [7, 11) is 1.28. The molecule has 1 aliphatic rings. The second-order valence-corrected chi connectivity index (χ2v) is 10.0. The van der Waals surface area contributed by atoms with Gasteiger partial charge >= 0.3 is 11.9 Å².